The maximum absolute atomic E-state index is 5.82. The van der Waals surface area contributed by atoms with Gasteiger partial charge >= 0.3 is 0 Å². The molecule has 0 radical (unpaired) electrons. The third-order valence-corrected chi connectivity index (χ3v) is 4.67. The van der Waals surface area contributed by atoms with Gasteiger partial charge in [0.05, 0.1) is 0 Å². The average Bonchev–Trinajstić information content (AvgIpc) is 2.01. The van der Waals surface area contributed by atoms with E-state index in [0.717, 1.165) is 25.3 Å². The van der Waals surface area contributed by atoms with Crippen molar-refractivity contribution in [2.75, 3.05) is 12.5 Å². The molecule has 12 heavy (non-hydrogen) atoms. The quantitative estimate of drug-likeness (QED) is 0.353. The molecule has 0 aromatic carbocycles. The Morgan fingerprint density at radius 1 is 1.25 bits per heavy atom. The van der Waals surface area contributed by atoms with E-state index >= 15 is 0 Å². The second kappa shape index (κ2) is 6.93. The minimum absolute atomic E-state index is 0.790. The number of rotatable bonds is 7. The first-order valence-corrected chi connectivity index (χ1v) is 8.47. The van der Waals surface area contributed by atoms with Gasteiger partial charge in [-0.3, -0.25) is 0 Å². The minimum atomic E-state index is -1.32. The lowest BCUT2D eigenvalue weighted by Gasteiger charge is -2.22. The van der Waals surface area contributed by atoms with E-state index in [1.807, 2.05) is 0 Å². The summed E-state index contributed by atoms with van der Waals surface area (Å²) < 4.78 is 5.82. The summed E-state index contributed by atoms with van der Waals surface area (Å²) in [6.45, 7) is 7.66. The van der Waals surface area contributed by atoms with Crippen molar-refractivity contribution < 1.29 is 4.43 Å². The highest BCUT2D eigenvalue weighted by atomic mass is 35.5. The predicted octanol–water partition coefficient (Wildman–Crippen LogP) is 3.64. The smallest absolute Gasteiger partial charge is 0.186 e. The van der Waals surface area contributed by atoms with Gasteiger partial charge in [-0.15, -0.1) is 11.6 Å². The van der Waals surface area contributed by atoms with E-state index in [1.54, 1.807) is 0 Å². The molecule has 0 N–H and O–H groups in total. The first kappa shape index (κ1) is 12.5. The highest BCUT2D eigenvalue weighted by Gasteiger charge is 2.20. The molecule has 0 saturated carbocycles. The average molecular weight is 209 g/mol. The summed E-state index contributed by atoms with van der Waals surface area (Å²) in [5.41, 5.74) is 0. The summed E-state index contributed by atoms with van der Waals surface area (Å²) in [4.78, 5) is 0. The molecule has 0 aromatic heterocycles. The monoisotopic (exact) mass is 208 g/mol. The normalized spacial score (nSPS) is 12.0. The fraction of sp³-hybridized carbons (Fsp3) is 1.00. The van der Waals surface area contributed by atoms with Crippen LogP contribution in [0.1, 0.15) is 26.2 Å². The predicted molar refractivity (Wildman–Crippen MR) is 58.5 cm³/mol. The summed E-state index contributed by atoms with van der Waals surface area (Å²) >= 11 is 5.61. The molecule has 0 atom stereocenters. The van der Waals surface area contributed by atoms with Gasteiger partial charge in [-0.25, -0.2) is 0 Å². The van der Waals surface area contributed by atoms with Crippen LogP contribution in [0.15, 0.2) is 0 Å². The molecule has 0 spiro atoms. The Morgan fingerprint density at radius 3 is 2.42 bits per heavy atom. The zero-order valence-corrected chi connectivity index (χ0v) is 10.3. The fourth-order valence-corrected chi connectivity index (χ4v) is 3.29. The van der Waals surface area contributed by atoms with Crippen LogP contribution in [0, 0.1) is 0 Å². The number of hydrogen-bond acceptors (Lipinski definition) is 1. The Balaban J connectivity index is 3.42. The zero-order chi connectivity index (χ0) is 9.45. The van der Waals surface area contributed by atoms with Crippen molar-refractivity contribution in [1.29, 1.82) is 0 Å². The van der Waals surface area contributed by atoms with Crippen LogP contribution in [0.3, 0.4) is 0 Å². The summed E-state index contributed by atoms with van der Waals surface area (Å²) in [7, 11) is -1.32. The fourth-order valence-electron chi connectivity index (χ4n) is 1.10. The van der Waals surface area contributed by atoms with Gasteiger partial charge in [0.2, 0.25) is 0 Å². The summed E-state index contributed by atoms with van der Waals surface area (Å²) in [5, 5.41) is 0. The Kier molecular flexibility index (Phi) is 7.20. The highest BCUT2D eigenvalue weighted by Crippen LogP contribution is 2.15. The molecule has 0 bridgehead atoms. The first-order chi connectivity index (χ1) is 5.62. The van der Waals surface area contributed by atoms with Crippen molar-refractivity contribution in [2.24, 2.45) is 0 Å². The third-order valence-electron chi connectivity index (χ3n) is 1.86. The largest absolute Gasteiger partial charge is 0.417 e. The van der Waals surface area contributed by atoms with Crippen molar-refractivity contribution in [3.8, 4) is 0 Å². The van der Waals surface area contributed by atoms with Crippen molar-refractivity contribution in [1.82, 2.24) is 0 Å². The van der Waals surface area contributed by atoms with Crippen molar-refractivity contribution in [2.45, 2.75) is 45.3 Å². The van der Waals surface area contributed by atoms with E-state index in [4.69, 9.17) is 16.0 Å². The molecule has 0 aromatic rings. The maximum Gasteiger partial charge on any atom is 0.186 e. The second-order valence-corrected chi connectivity index (χ2v) is 8.44. The standard InChI is InChI=1S/C9H21ClOSi/c1-4-8-11-12(2,3)9-6-5-7-10/h4-9H2,1-3H3. The molecule has 1 nitrogen and oxygen atoms in total. The Labute approximate surface area is 82.6 Å². The lowest BCUT2D eigenvalue weighted by Crippen LogP contribution is -2.30. The van der Waals surface area contributed by atoms with Crippen LogP contribution in [0.25, 0.3) is 0 Å². The molecule has 0 amide bonds. The molecule has 0 unspecified atom stereocenters. The van der Waals surface area contributed by atoms with Gasteiger partial charge < -0.3 is 4.43 Å². The molecule has 3 heteroatoms. The van der Waals surface area contributed by atoms with E-state index in [9.17, 15) is 0 Å². The van der Waals surface area contributed by atoms with Gasteiger partial charge in [0.1, 0.15) is 0 Å². The van der Waals surface area contributed by atoms with Gasteiger partial charge in [0, 0.05) is 12.5 Å². The van der Waals surface area contributed by atoms with Crippen LogP contribution in [-0.4, -0.2) is 20.8 Å². The molecular formula is C9H21ClOSi. The van der Waals surface area contributed by atoms with Crippen LogP contribution in [0.4, 0.5) is 0 Å². The van der Waals surface area contributed by atoms with Gasteiger partial charge in [-0.2, -0.15) is 0 Å². The van der Waals surface area contributed by atoms with Crippen LogP contribution in [0.5, 0.6) is 0 Å². The molecule has 0 aliphatic rings. The summed E-state index contributed by atoms with van der Waals surface area (Å²) in [5.74, 6) is 0.790. The topological polar surface area (TPSA) is 9.23 Å². The number of alkyl halides is 1. The van der Waals surface area contributed by atoms with Gasteiger partial charge in [0.25, 0.3) is 0 Å². The van der Waals surface area contributed by atoms with Gasteiger partial charge in [0.15, 0.2) is 8.32 Å². The van der Waals surface area contributed by atoms with E-state index in [-0.39, 0.29) is 0 Å². The molecule has 0 heterocycles. The third kappa shape index (κ3) is 7.13. The van der Waals surface area contributed by atoms with Crippen LogP contribution < -0.4 is 0 Å². The van der Waals surface area contributed by atoms with E-state index in [1.165, 1.54) is 12.5 Å². The van der Waals surface area contributed by atoms with Crippen molar-refractivity contribution >= 4 is 19.9 Å². The van der Waals surface area contributed by atoms with Gasteiger partial charge in [-0.1, -0.05) is 13.3 Å². The summed E-state index contributed by atoms with van der Waals surface area (Å²) in [6, 6.07) is 1.25. The molecule has 0 rings (SSSR count). The SMILES string of the molecule is CCCO[Si](C)(C)CCCCCl. The molecule has 0 aliphatic heterocycles. The number of halogens is 1. The van der Waals surface area contributed by atoms with Gasteiger partial charge in [-0.05, 0) is 32.0 Å². The van der Waals surface area contributed by atoms with Crippen LogP contribution in [0.2, 0.25) is 19.1 Å². The maximum atomic E-state index is 5.82. The Morgan fingerprint density at radius 2 is 1.92 bits per heavy atom. The first-order valence-electron chi connectivity index (χ1n) is 4.82. The lowest BCUT2D eigenvalue weighted by atomic mass is 10.4. The van der Waals surface area contributed by atoms with E-state index in [0.29, 0.717) is 0 Å². The Bertz CT molecular complexity index is 107. The minimum Gasteiger partial charge on any atom is -0.417 e. The van der Waals surface area contributed by atoms with Crippen LogP contribution in [-0.2, 0) is 4.43 Å². The van der Waals surface area contributed by atoms with E-state index in [2.05, 4.69) is 20.0 Å². The molecular weight excluding hydrogens is 188 g/mol. The number of unbranched alkanes of at least 4 members (excludes halogenated alkanes) is 1. The van der Waals surface area contributed by atoms with Crippen molar-refractivity contribution in [3.05, 3.63) is 0 Å². The lowest BCUT2D eigenvalue weighted by molar-refractivity contribution is 0.305. The highest BCUT2D eigenvalue weighted by molar-refractivity contribution is 6.71. The second-order valence-electron chi connectivity index (χ2n) is 3.75. The van der Waals surface area contributed by atoms with Crippen LogP contribution >= 0.6 is 11.6 Å². The molecule has 0 fully saturated rings. The van der Waals surface area contributed by atoms with Crippen molar-refractivity contribution in [3.63, 3.8) is 0 Å². The zero-order valence-electron chi connectivity index (χ0n) is 8.53. The molecule has 0 saturated heterocycles. The number of hydrogen-bond donors (Lipinski definition) is 0. The molecule has 74 valence electrons. The van der Waals surface area contributed by atoms with E-state index < -0.39 is 8.32 Å². The Hall–Kier alpha value is 0.467. The molecule has 0 aliphatic carbocycles. The summed E-state index contributed by atoms with van der Waals surface area (Å²) in [6.07, 6.45) is 3.49.